The van der Waals surface area contributed by atoms with Crippen LogP contribution in [0, 0.1) is 21.7 Å². The lowest BCUT2D eigenvalue weighted by atomic mass is 10.1. The summed E-state index contributed by atoms with van der Waals surface area (Å²) >= 11 is 0. The van der Waals surface area contributed by atoms with Gasteiger partial charge in [0, 0.05) is 37.8 Å². The lowest BCUT2D eigenvalue weighted by molar-refractivity contribution is -0.386. The Labute approximate surface area is 173 Å². The normalized spacial score (nSPS) is 19.5. The molecular formula is C21H23F2N3O4. The average Bonchev–Trinajstić information content (AvgIpc) is 2.70. The molecular weight excluding hydrogens is 396 g/mol. The van der Waals surface area contributed by atoms with E-state index < -0.39 is 28.8 Å². The highest BCUT2D eigenvalue weighted by atomic mass is 19.1. The van der Waals surface area contributed by atoms with Crippen LogP contribution in [0.4, 0.5) is 14.5 Å². The van der Waals surface area contributed by atoms with Gasteiger partial charge in [0.15, 0.2) is 12.4 Å². The van der Waals surface area contributed by atoms with Crippen LogP contribution in [-0.2, 0) is 11.3 Å². The maximum Gasteiger partial charge on any atom is 0.314 e. The van der Waals surface area contributed by atoms with Crippen molar-refractivity contribution in [1.29, 1.82) is 0 Å². The Morgan fingerprint density at radius 2 is 1.83 bits per heavy atom. The SMILES string of the molecule is CC1CN(C(=O)COc2c(F)cccc2[N+](=O)[O-])C(C)CN1Cc1ccc(F)cc1. The molecule has 0 saturated carbocycles. The zero-order valence-corrected chi connectivity index (χ0v) is 16.8. The highest BCUT2D eigenvalue weighted by molar-refractivity contribution is 5.78. The van der Waals surface area contributed by atoms with Gasteiger partial charge >= 0.3 is 5.69 Å². The van der Waals surface area contributed by atoms with Crippen LogP contribution in [0.25, 0.3) is 0 Å². The summed E-state index contributed by atoms with van der Waals surface area (Å²) in [4.78, 5) is 26.8. The zero-order valence-electron chi connectivity index (χ0n) is 16.8. The molecule has 1 aliphatic heterocycles. The predicted molar refractivity (Wildman–Crippen MR) is 106 cm³/mol. The number of rotatable bonds is 6. The van der Waals surface area contributed by atoms with Crippen LogP contribution in [0.15, 0.2) is 42.5 Å². The fraction of sp³-hybridized carbons (Fsp3) is 0.381. The van der Waals surface area contributed by atoms with Gasteiger partial charge in [-0.2, -0.15) is 0 Å². The van der Waals surface area contributed by atoms with Crippen LogP contribution in [-0.4, -0.2) is 52.4 Å². The summed E-state index contributed by atoms with van der Waals surface area (Å²) < 4.78 is 32.2. The highest BCUT2D eigenvalue weighted by Gasteiger charge is 2.32. The maximum absolute atomic E-state index is 13.9. The van der Waals surface area contributed by atoms with Crippen molar-refractivity contribution in [3.8, 4) is 5.75 Å². The van der Waals surface area contributed by atoms with E-state index in [1.54, 1.807) is 17.0 Å². The van der Waals surface area contributed by atoms with Gasteiger partial charge < -0.3 is 9.64 Å². The van der Waals surface area contributed by atoms with Gasteiger partial charge in [0.2, 0.25) is 5.75 Å². The molecule has 2 aromatic carbocycles. The molecule has 160 valence electrons. The second-order valence-electron chi connectivity index (χ2n) is 7.43. The topological polar surface area (TPSA) is 75.9 Å². The van der Waals surface area contributed by atoms with Gasteiger partial charge in [0.1, 0.15) is 5.82 Å². The number of para-hydroxylation sites is 1. The summed E-state index contributed by atoms with van der Waals surface area (Å²) in [6.07, 6.45) is 0. The van der Waals surface area contributed by atoms with Crippen molar-refractivity contribution in [2.45, 2.75) is 32.5 Å². The smallest absolute Gasteiger partial charge is 0.314 e. The third-order valence-electron chi connectivity index (χ3n) is 5.22. The molecule has 1 fully saturated rings. The Morgan fingerprint density at radius 1 is 1.13 bits per heavy atom. The molecule has 0 bridgehead atoms. The number of ether oxygens (including phenoxy) is 1. The van der Waals surface area contributed by atoms with Gasteiger partial charge in [-0.1, -0.05) is 18.2 Å². The second kappa shape index (κ2) is 9.17. The fourth-order valence-corrected chi connectivity index (χ4v) is 3.59. The Bertz CT molecular complexity index is 923. The summed E-state index contributed by atoms with van der Waals surface area (Å²) in [6.45, 7) is 5.06. The van der Waals surface area contributed by atoms with Crippen LogP contribution < -0.4 is 4.74 Å². The number of nitro groups is 1. The van der Waals surface area contributed by atoms with Gasteiger partial charge in [-0.3, -0.25) is 19.8 Å². The Hall–Kier alpha value is -3.07. The Morgan fingerprint density at radius 3 is 2.50 bits per heavy atom. The first-order valence-corrected chi connectivity index (χ1v) is 9.60. The predicted octanol–water partition coefficient (Wildman–Crippen LogP) is 3.37. The van der Waals surface area contributed by atoms with E-state index in [-0.39, 0.29) is 23.8 Å². The molecule has 2 atom stereocenters. The number of piperazine rings is 1. The van der Waals surface area contributed by atoms with E-state index in [1.165, 1.54) is 18.2 Å². The number of nitro benzene ring substituents is 1. The number of carbonyl (C=O) groups is 1. The molecule has 9 heteroatoms. The lowest BCUT2D eigenvalue weighted by Crippen LogP contribution is -2.58. The van der Waals surface area contributed by atoms with Crippen molar-refractivity contribution in [1.82, 2.24) is 9.80 Å². The molecule has 7 nitrogen and oxygen atoms in total. The number of carbonyl (C=O) groups excluding carboxylic acids is 1. The van der Waals surface area contributed by atoms with Crippen molar-refractivity contribution in [2.75, 3.05) is 19.7 Å². The minimum absolute atomic E-state index is 0.0398. The monoisotopic (exact) mass is 419 g/mol. The molecule has 30 heavy (non-hydrogen) atoms. The van der Waals surface area contributed by atoms with Gasteiger partial charge in [-0.15, -0.1) is 0 Å². The van der Waals surface area contributed by atoms with Gasteiger partial charge in [-0.05, 0) is 37.6 Å². The van der Waals surface area contributed by atoms with Gasteiger partial charge in [0.25, 0.3) is 5.91 Å². The molecule has 0 radical (unpaired) electrons. The molecule has 0 aliphatic carbocycles. The quantitative estimate of drug-likeness (QED) is 0.530. The van der Waals surface area contributed by atoms with E-state index in [0.717, 1.165) is 17.7 Å². The Kier molecular flexibility index (Phi) is 6.61. The van der Waals surface area contributed by atoms with Crippen molar-refractivity contribution in [3.63, 3.8) is 0 Å². The standard InChI is InChI=1S/C21H23F2N3O4/c1-14-11-25(15(2)10-24(14)12-16-6-8-17(22)9-7-16)20(27)13-30-21-18(23)4-3-5-19(21)26(28)29/h3-9,14-15H,10-13H2,1-2H3. The first-order chi connectivity index (χ1) is 14.3. The molecule has 2 aromatic rings. The Balaban J connectivity index is 1.62. The van der Waals surface area contributed by atoms with Crippen molar-refractivity contribution in [3.05, 3.63) is 69.8 Å². The molecule has 1 amide bonds. The van der Waals surface area contributed by atoms with Crippen molar-refractivity contribution >= 4 is 11.6 Å². The molecule has 3 rings (SSSR count). The van der Waals surface area contributed by atoms with E-state index in [9.17, 15) is 23.7 Å². The number of halogens is 2. The summed E-state index contributed by atoms with van der Waals surface area (Å²) in [5.74, 6) is -2.08. The third-order valence-corrected chi connectivity index (χ3v) is 5.22. The molecule has 0 spiro atoms. The van der Waals surface area contributed by atoms with Crippen LogP contribution in [0.3, 0.4) is 0 Å². The van der Waals surface area contributed by atoms with E-state index in [0.29, 0.717) is 19.6 Å². The summed E-state index contributed by atoms with van der Waals surface area (Å²) in [6, 6.07) is 9.61. The van der Waals surface area contributed by atoms with E-state index in [1.807, 2.05) is 13.8 Å². The maximum atomic E-state index is 13.9. The first kappa shape index (κ1) is 21.6. The van der Waals surface area contributed by atoms with E-state index >= 15 is 0 Å². The van der Waals surface area contributed by atoms with Crippen molar-refractivity contribution in [2.24, 2.45) is 0 Å². The highest BCUT2D eigenvalue weighted by Crippen LogP contribution is 2.29. The average molecular weight is 419 g/mol. The number of benzene rings is 2. The number of hydrogen-bond acceptors (Lipinski definition) is 5. The van der Waals surface area contributed by atoms with E-state index in [2.05, 4.69) is 4.90 Å². The van der Waals surface area contributed by atoms with Crippen LogP contribution in [0.5, 0.6) is 5.75 Å². The molecule has 1 saturated heterocycles. The van der Waals surface area contributed by atoms with Crippen LogP contribution in [0.1, 0.15) is 19.4 Å². The third kappa shape index (κ3) is 4.91. The number of amides is 1. The number of nitrogens with zero attached hydrogens (tertiary/aromatic N) is 3. The minimum Gasteiger partial charge on any atom is -0.475 e. The number of hydrogen-bond donors (Lipinski definition) is 0. The molecule has 0 N–H and O–H groups in total. The first-order valence-electron chi connectivity index (χ1n) is 9.60. The van der Waals surface area contributed by atoms with Crippen LogP contribution >= 0.6 is 0 Å². The zero-order chi connectivity index (χ0) is 21.8. The van der Waals surface area contributed by atoms with Crippen molar-refractivity contribution < 1.29 is 23.2 Å². The molecule has 0 aromatic heterocycles. The fourth-order valence-electron chi connectivity index (χ4n) is 3.59. The van der Waals surface area contributed by atoms with Gasteiger partial charge in [0.05, 0.1) is 4.92 Å². The molecule has 1 heterocycles. The summed E-state index contributed by atoms with van der Waals surface area (Å²) in [5.41, 5.74) is 0.457. The molecule has 2 unspecified atom stereocenters. The lowest BCUT2D eigenvalue weighted by Gasteiger charge is -2.44. The molecule has 1 aliphatic rings. The van der Waals surface area contributed by atoms with Gasteiger partial charge in [-0.25, -0.2) is 8.78 Å². The minimum atomic E-state index is -0.887. The van der Waals surface area contributed by atoms with Crippen LogP contribution in [0.2, 0.25) is 0 Å². The second-order valence-corrected chi connectivity index (χ2v) is 7.43. The summed E-state index contributed by atoms with van der Waals surface area (Å²) in [5, 5.41) is 11.1. The van der Waals surface area contributed by atoms with E-state index in [4.69, 9.17) is 4.74 Å². The summed E-state index contributed by atoms with van der Waals surface area (Å²) in [7, 11) is 0. The largest absolute Gasteiger partial charge is 0.475 e.